The van der Waals surface area contributed by atoms with E-state index in [9.17, 15) is 4.79 Å². The SMILES string of the molecule is Cn1c(C(=O)Nc2ccccc2COc2ccc(OCC3CCNC3)cc2)cc2ccsc21. The number of aromatic nitrogens is 1. The molecule has 1 saturated heterocycles. The van der Waals surface area contributed by atoms with Crippen molar-refractivity contribution < 1.29 is 14.3 Å². The zero-order valence-corrected chi connectivity index (χ0v) is 19.4. The second-order valence-corrected chi connectivity index (χ2v) is 9.21. The maximum atomic E-state index is 12.9. The van der Waals surface area contributed by atoms with Gasteiger partial charge in [0.05, 0.1) is 6.61 Å². The monoisotopic (exact) mass is 461 g/mol. The zero-order valence-electron chi connectivity index (χ0n) is 18.5. The van der Waals surface area contributed by atoms with Crippen LogP contribution >= 0.6 is 11.3 Å². The van der Waals surface area contributed by atoms with Crippen molar-refractivity contribution in [1.82, 2.24) is 9.88 Å². The van der Waals surface area contributed by atoms with Crippen molar-refractivity contribution in [1.29, 1.82) is 0 Å². The minimum absolute atomic E-state index is 0.132. The molecule has 1 atom stereocenters. The summed E-state index contributed by atoms with van der Waals surface area (Å²) in [6.45, 7) is 3.19. The molecule has 1 unspecified atom stereocenters. The van der Waals surface area contributed by atoms with Gasteiger partial charge in [-0.2, -0.15) is 0 Å². The summed E-state index contributed by atoms with van der Waals surface area (Å²) in [6, 6.07) is 19.4. The number of amides is 1. The molecule has 4 aromatic rings. The summed E-state index contributed by atoms with van der Waals surface area (Å²) < 4.78 is 13.8. The summed E-state index contributed by atoms with van der Waals surface area (Å²) in [4.78, 5) is 14.0. The number of ether oxygens (including phenoxy) is 2. The molecule has 1 amide bonds. The van der Waals surface area contributed by atoms with Crippen molar-refractivity contribution in [3.05, 3.63) is 77.3 Å². The van der Waals surface area contributed by atoms with Gasteiger partial charge in [-0.15, -0.1) is 11.3 Å². The van der Waals surface area contributed by atoms with Crippen molar-refractivity contribution in [3.63, 3.8) is 0 Å². The van der Waals surface area contributed by atoms with E-state index in [1.807, 2.05) is 77.7 Å². The van der Waals surface area contributed by atoms with Gasteiger partial charge in [-0.05, 0) is 60.8 Å². The van der Waals surface area contributed by atoms with Crippen molar-refractivity contribution in [2.75, 3.05) is 25.0 Å². The summed E-state index contributed by atoms with van der Waals surface area (Å²) in [5.74, 6) is 2.06. The highest BCUT2D eigenvalue weighted by Crippen LogP contribution is 2.26. The Morgan fingerprint density at radius 1 is 1.12 bits per heavy atom. The highest BCUT2D eigenvalue weighted by molar-refractivity contribution is 7.16. The summed E-state index contributed by atoms with van der Waals surface area (Å²) in [5, 5.41) is 9.52. The molecule has 2 N–H and O–H groups in total. The topological polar surface area (TPSA) is 64.5 Å². The average Bonchev–Trinajstić information content (AvgIpc) is 3.58. The Morgan fingerprint density at radius 3 is 2.67 bits per heavy atom. The third-order valence-corrected chi connectivity index (χ3v) is 7.00. The molecule has 2 aromatic heterocycles. The number of benzene rings is 2. The fourth-order valence-electron chi connectivity index (χ4n) is 4.08. The van der Waals surface area contributed by atoms with E-state index in [4.69, 9.17) is 9.47 Å². The molecule has 0 radical (unpaired) electrons. The average molecular weight is 462 g/mol. The number of rotatable bonds is 8. The minimum atomic E-state index is -0.132. The Labute approximate surface area is 197 Å². The van der Waals surface area contributed by atoms with Gasteiger partial charge in [-0.1, -0.05) is 18.2 Å². The van der Waals surface area contributed by atoms with Crippen LogP contribution in [-0.4, -0.2) is 30.2 Å². The van der Waals surface area contributed by atoms with Crippen LogP contribution in [0.1, 0.15) is 22.5 Å². The molecule has 170 valence electrons. The molecule has 0 aliphatic carbocycles. The Kier molecular flexibility index (Phi) is 6.32. The molecule has 1 aliphatic rings. The Balaban J connectivity index is 1.20. The number of nitrogens with zero attached hydrogens (tertiary/aromatic N) is 1. The fourth-order valence-corrected chi connectivity index (χ4v) is 4.95. The third kappa shape index (κ3) is 4.89. The van der Waals surface area contributed by atoms with Crippen LogP contribution in [0.4, 0.5) is 5.69 Å². The van der Waals surface area contributed by atoms with Gasteiger partial charge in [0, 0.05) is 36.1 Å². The third-order valence-electron chi connectivity index (χ3n) is 6.00. The largest absolute Gasteiger partial charge is 0.493 e. The van der Waals surface area contributed by atoms with Crippen molar-refractivity contribution >= 4 is 33.1 Å². The normalized spacial score (nSPS) is 15.6. The molecule has 1 aliphatic heterocycles. The van der Waals surface area contributed by atoms with Crippen LogP contribution in [0.2, 0.25) is 0 Å². The lowest BCUT2D eigenvalue weighted by molar-refractivity contribution is 0.101. The highest BCUT2D eigenvalue weighted by atomic mass is 32.1. The van der Waals surface area contributed by atoms with E-state index < -0.39 is 0 Å². The van der Waals surface area contributed by atoms with E-state index in [1.54, 1.807) is 11.3 Å². The van der Waals surface area contributed by atoms with Gasteiger partial charge in [-0.25, -0.2) is 0 Å². The van der Waals surface area contributed by atoms with Crippen LogP contribution in [0.3, 0.4) is 0 Å². The quantitative estimate of drug-likeness (QED) is 0.385. The lowest BCUT2D eigenvalue weighted by Gasteiger charge is -2.14. The molecule has 5 rings (SSSR count). The predicted molar refractivity (Wildman–Crippen MR) is 132 cm³/mol. The lowest BCUT2D eigenvalue weighted by Crippen LogP contribution is -2.17. The van der Waals surface area contributed by atoms with Crippen LogP contribution in [0.25, 0.3) is 10.2 Å². The first kappa shape index (κ1) is 21.6. The number of hydrogen-bond acceptors (Lipinski definition) is 5. The molecule has 1 fully saturated rings. The van der Waals surface area contributed by atoms with Gasteiger partial charge in [0.25, 0.3) is 5.91 Å². The van der Waals surface area contributed by atoms with Crippen LogP contribution in [-0.2, 0) is 13.7 Å². The number of aryl methyl sites for hydroxylation is 1. The Bertz CT molecular complexity index is 1240. The summed E-state index contributed by atoms with van der Waals surface area (Å²) in [5.41, 5.74) is 2.30. The van der Waals surface area contributed by atoms with E-state index in [-0.39, 0.29) is 5.91 Å². The Hall–Kier alpha value is -3.29. The van der Waals surface area contributed by atoms with E-state index in [2.05, 4.69) is 10.6 Å². The first-order valence-corrected chi connectivity index (χ1v) is 12.0. The fraction of sp³-hybridized carbons (Fsp3) is 0.269. The smallest absolute Gasteiger partial charge is 0.272 e. The predicted octanol–water partition coefficient (Wildman–Crippen LogP) is 5.06. The summed E-state index contributed by atoms with van der Waals surface area (Å²) >= 11 is 1.63. The number of nitrogens with one attached hydrogen (secondary N) is 2. The maximum Gasteiger partial charge on any atom is 0.272 e. The second kappa shape index (κ2) is 9.68. The number of fused-ring (bicyclic) bond motifs is 1. The Morgan fingerprint density at radius 2 is 1.91 bits per heavy atom. The molecular weight excluding hydrogens is 434 g/mol. The van der Waals surface area contributed by atoms with E-state index >= 15 is 0 Å². The number of carbonyl (C=O) groups is 1. The van der Waals surface area contributed by atoms with Crippen molar-refractivity contribution in [2.45, 2.75) is 13.0 Å². The molecule has 0 bridgehead atoms. The number of hydrogen-bond donors (Lipinski definition) is 2. The van der Waals surface area contributed by atoms with Gasteiger partial charge in [0.2, 0.25) is 0 Å². The van der Waals surface area contributed by atoms with Gasteiger partial charge in [0.15, 0.2) is 0 Å². The number of carbonyl (C=O) groups excluding carboxylic acids is 1. The lowest BCUT2D eigenvalue weighted by atomic mass is 10.1. The maximum absolute atomic E-state index is 12.9. The number of para-hydroxylation sites is 1. The molecule has 7 heteroatoms. The molecule has 0 spiro atoms. The second-order valence-electron chi connectivity index (χ2n) is 8.31. The first-order chi connectivity index (χ1) is 16.2. The molecule has 33 heavy (non-hydrogen) atoms. The van der Waals surface area contributed by atoms with Gasteiger partial charge in [0.1, 0.15) is 28.6 Å². The first-order valence-electron chi connectivity index (χ1n) is 11.2. The molecular formula is C26H27N3O3S. The van der Waals surface area contributed by atoms with Gasteiger partial charge >= 0.3 is 0 Å². The minimum Gasteiger partial charge on any atom is -0.493 e. The highest BCUT2D eigenvalue weighted by Gasteiger charge is 2.16. The number of thiophene rings is 1. The van der Waals surface area contributed by atoms with Gasteiger partial charge < -0.3 is 24.7 Å². The molecule has 0 saturated carbocycles. The van der Waals surface area contributed by atoms with Crippen LogP contribution in [0.5, 0.6) is 11.5 Å². The van der Waals surface area contributed by atoms with Crippen LogP contribution < -0.4 is 20.1 Å². The number of anilines is 1. The van der Waals surface area contributed by atoms with E-state index in [1.165, 1.54) is 6.42 Å². The van der Waals surface area contributed by atoms with Crippen molar-refractivity contribution in [2.24, 2.45) is 13.0 Å². The molecule has 2 aromatic carbocycles. The molecule has 3 heterocycles. The van der Waals surface area contributed by atoms with Gasteiger partial charge in [-0.3, -0.25) is 4.79 Å². The van der Waals surface area contributed by atoms with Crippen LogP contribution in [0.15, 0.2) is 66.0 Å². The summed E-state index contributed by atoms with van der Waals surface area (Å²) in [7, 11) is 1.92. The summed E-state index contributed by atoms with van der Waals surface area (Å²) in [6.07, 6.45) is 1.17. The molecule has 6 nitrogen and oxygen atoms in total. The van der Waals surface area contributed by atoms with E-state index in [0.717, 1.165) is 52.7 Å². The van der Waals surface area contributed by atoms with E-state index in [0.29, 0.717) is 18.2 Å². The van der Waals surface area contributed by atoms with Crippen LogP contribution in [0, 0.1) is 5.92 Å². The van der Waals surface area contributed by atoms with Crippen molar-refractivity contribution in [3.8, 4) is 11.5 Å². The zero-order chi connectivity index (χ0) is 22.6. The standard InChI is InChI=1S/C26H27N3O3S/c1-29-24(14-19-11-13-33-26(19)29)25(30)28-23-5-3-2-4-20(23)17-32-22-8-6-21(7-9-22)31-16-18-10-12-27-15-18/h2-9,11,13-14,18,27H,10,12,15-17H2,1H3,(H,28,30).